The van der Waals surface area contributed by atoms with E-state index in [1.807, 2.05) is 12.1 Å². The summed E-state index contributed by atoms with van der Waals surface area (Å²) in [6.45, 7) is 2.19. The maximum atomic E-state index is 3.01. The van der Waals surface area contributed by atoms with Crippen molar-refractivity contribution in [1.82, 2.24) is 4.90 Å². The molecule has 1 heteroatoms. The van der Waals surface area contributed by atoms with Crippen LogP contribution in [-0.2, 0) is 0 Å². The van der Waals surface area contributed by atoms with Crippen molar-refractivity contribution < 1.29 is 0 Å². The van der Waals surface area contributed by atoms with Gasteiger partial charge in [-0.1, -0.05) is 24.3 Å². The molecule has 1 aromatic rings. The lowest BCUT2D eigenvalue weighted by Crippen LogP contribution is -2.16. The fourth-order valence-electron chi connectivity index (χ4n) is 0.976. The van der Waals surface area contributed by atoms with Crippen LogP contribution in [0.4, 0.5) is 0 Å². The number of hydrogen-bond acceptors (Lipinski definition) is 1. The van der Waals surface area contributed by atoms with Gasteiger partial charge in [-0.05, 0) is 32.6 Å². The Balaban J connectivity index is 2.77. The number of hydrogen-bond donors (Lipinski definition) is 0. The van der Waals surface area contributed by atoms with Gasteiger partial charge < -0.3 is 4.90 Å². The Bertz CT molecular complexity index is 203. The standard InChI is InChI=1S/C10H14N/c1-9(11(2)3)10-7-5-4-6-8-10/h5-9H,1-3H3. The molecule has 1 nitrogen and oxygen atoms in total. The molecule has 0 aromatic heterocycles. The van der Waals surface area contributed by atoms with Crippen molar-refractivity contribution in [2.45, 2.75) is 13.0 Å². The van der Waals surface area contributed by atoms with Gasteiger partial charge in [0.15, 0.2) is 0 Å². The van der Waals surface area contributed by atoms with E-state index < -0.39 is 0 Å². The molecule has 1 unspecified atom stereocenters. The SMILES string of the molecule is CC(c1cc[c]cc1)N(C)C. The molecule has 1 radical (unpaired) electrons. The highest BCUT2D eigenvalue weighted by atomic mass is 15.1. The second-order valence-electron chi connectivity index (χ2n) is 2.97. The molecular formula is C10H14N. The molecule has 1 aromatic carbocycles. The second kappa shape index (κ2) is 3.54. The summed E-state index contributed by atoms with van der Waals surface area (Å²) in [4.78, 5) is 2.19. The van der Waals surface area contributed by atoms with E-state index in [0.717, 1.165) is 0 Å². The molecule has 0 aliphatic rings. The predicted molar refractivity (Wildman–Crippen MR) is 47.4 cm³/mol. The molecule has 1 rings (SSSR count). The first-order valence-electron chi connectivity index (χ1n) is 3.84. The topological polar surface area (TPSA) is 3.24 Å². The van der Waals surface area contributed by atoms with Crippen LogP contribution >= 0.6 is 0 Å². The third kappa shape index (κ3) is 2.05. The summed E-state index contributed by atoms with van der Waals surface area (Å²) in [7, 11) is 4.17. The molecule has 0 fully saturated rings. The summed E-state index contributed by atoms with van der Waals surface area (Å²) in [6, 6.07) is 11.6. The molecule has 0 spiro atoms. The summed E-state index contributed by atoms with van der Waals surface area (Å²) >= 11 is 0. The molecule has 0 bridgehead atoms. The van der Waals surface area contributed by atoms with Crippen LogP contribution < -0.4 is 0 Å². The van der Waals surface area contributed by atoms with Crippen molar-refractivity contribution in [3.63, 3.8) is 0 Å². The van der Waals surface area contributed by atoms with Crippen LogP contribution in [0.3, 0.4) is 0 Å². The first-order chi connectivity index (χ1) is 5.22. The van der Waals surface area contributed by atoms with Gasteiger partial charge in [-0.2, -0.15) is 0 Å². The van der Waals surface area contributed by atoms with Crippen LogP contribution in [0, 0.1) is 6.07 Å². The third-order valence-electron chi connectivity index (χ3n) is 2.00. The van der Waals surface area contributed by atoms with Crippen LogP contribution in [0.15, 0.2) is 24.3 Å². The van der Waals surface area contributed by atoms with Gasteiger partial charge in [-0.25, -0.2) is 0 Å². The van der Waals surface area contributed by atoms with E-state index in [-0.39, 0.29) is 0 Å². The Hall–Kier alpha value is -0.820. The molecule has 0 N–H and O–H groups in total. The van der Waals surface area contributed by atoms with E-state index in [1.165, 1.54) is 5.56 Å². The van der Waals surface area contributed by atoms with E-state index in [9.17, 15) is 0 Å². The minimum absolute atomic E-state index is 0.490. The monoisotopic (exact) mass is 148 g/mol. The lowest BCUT2D eigenvalue weighted by molar-refractivity contribution is 0.321. The van der Waals surface area contributed by atoms with Crippen molar-refractivity contribution in [2.75, 3.05) is 14.1 Å². The summed E-state index contributed by atoms with van der Waals surface area (Å²) in [6.07, 6.45) is 0. The quantitative estimate of drug-likeness (QED) is 0.621. The van der Waals surface area contributed by atoms with Gasteiger partial charge >= 0.3 is 0 Å². The van der Waals surface area contributed by atoms with Crippen molar-refractivity contribution in [3.05, 3.63) is 35.9 Å². The highest BCUT2D eigenvalue weighted by molar-refractivity contribution is 5.17. The van der Waals surface area contributed by atoms with Crippen LogP contribution in [-0.4, -0.2) is 19.0 Å². The lowest BCUT2D eigenvalue weighted by atomic mass is 10.1. The first-order valence-corrected chi connectivity index (χ1v) is 3.84. The molecular weight excluding hydrogens is 134 g/mol. The van der Waals surface area contributed by atoms with E-state index in [1.54, 1.807) is 0 Å². The van der Waals surface area contributed by atoms with E-state index in [2.05, 4.69) is 44.1 Å². The van der Waals surface area contributed by atoms with E-state index in [4.69, 9.17) is 0 Å². The number of nitrogens with zero attached hydrogens (tertiary/aromatic N) is 1. The normalized spacial score (nSPS) is 13.5. The minimum atomic E-state index is 0.490. The zero-order valence-corrected chi connectivity index (χ0v) is 7.33. The van der Waals surface area contributed by atoms with Crippen molar-refractivity contribution in [2.24, 2.45) is 0 Å². The molecule has 0 heterocycles. The highest BCUT2D eigenvalue weighted by Crippen LogP contribution is 2.15. The largest absolute Gasteiger partial charge is 0.303 e. The summed E-state index contributed by atoms with van der Waals surface area (Å²) in [5, 5.41) is 0. The summed E-state index contributed by atoms with van der Waals surface area (Å²) < 4.78 is 0. The van der Waals surface area contributed by atoms with Crippen LogP contribution in [0.5, 0.6) is 0 Å². The lowest BCUT2D eigenvalue weighted by Gasteiger charge is -2.19. The fraction of sp³-hybridized carbons (Fsp3) is 0.400. The third-order valence-corrected chi connectivity index (χ3v) is 2.00. The van der Waals surface area contributed by atoms with Crippen molar-refractivity contribution in [3.8, 4) is 0 Å². The molecule has 0 amide bonds. The maximum Gasteiger partial charge on any atom is 0.0313 e. The Kier molecular flexibility index (Phi) is 2.66. The fourth-order valence-corrected chi connectivity index (χ4v) is 0.976. The molecule has 0 aliphatic heterocycles. The maximum absolute atomic E-state index is 3.01. The highest BCUT2D eigenvalue weighted by Gasteiger charge is 2.04. The van der Waals surface area contributed by atoms with Crippen molar-refractivity contribution in [1.29, 1.82) is 0 Å². The van der Waals surface area contributed by atoms with Crippen LogP contribution in [0.1, 0.15) is 18.5 Å². The zero-order valence-electron chi connectivity index (χ0n) is 7.33. The van der Waals surface area contributed by atoms with Gasteiger partial charge in [-0.3, -0.25) is 0 Å². The van der Waals surface area contributed by atoms with E-state index in [0.29, 0.717) is 6.04 Å². The van der Waals surface area contributed by atoms with Gasteiger partial charge in [0, 0.05) is 6.04 Å². The van der Waals surface area contributed by atoms with Gasteiger partial charge in [0.1, 0.15) is 0 Å². The average molecular weight is 148 g/mol. The number of rotatable bonds is 2. The van der Waals surface area contributed by atoms with Gasteiger partial charge in [0.05, 0.1) is 0 Å². The molecule has 11 heavy (non-hydrogen) atoms. The molecule has 59 valence electrons. The molecule has 0 saturated carbocycles. The van der Waals surface area contributed by atoms with Gasteiger partial charge in [0.2, 0.25) is 0 Å². The van der Waals surface area contributed by atoms with Gasteiger partial charge in [-0.15, -0.1) is 0 Å². The Morgan fingerprint density at radius 2 is 1.82 bits per heavy atom. The predicted octanol–water partition coefficient (Wildman–Crippen LogP) is 2.11. The second-order valence-corrected chi connectivity index (χ2v) is 2.97. The zero-order chi connectivity index (χ0) is 8.27. The summed E-state index contributed by atoms with van der Waals surface area (Å²) in [5.74, 6) is 0. The molecule has 0 saturated heterocycles. The Morgan fingerprint density at radius 3 is 2.27 bits per heavy atom. The summed E-state index contributed by atoms with van der Waals surface area (Å²) in [5.41, 5.74) is 1.34. The number of benzene rings is 1. The van der Waals surface area contributed by atoms with Crippen molar-refractivity contribution >= 4 is 0 Å². The Labute approximate surface area is 68.7 Å². The van der Waals surface area contributed by atoms with Crippen LogP contribution in [0.25, 0.3) is 0 Å². The molecule has 1 atom stereocenters. The minimum Gasteiger partial charge on any atom is -0.303 e. The first kappa shape index (κ1) is 8.28. The van der Waals surface area contributed by atoms with Gasteiger partial charge in [0.25, 0.3) is 0 Å². The Morgan fingerprint density at radius 1 is 1.27 bits per heavy atom. The van der Waals surface area contributed by atoms with E-state index >= 15 is 0 Å². The van der Waals surface area contributed by atoms with Crippen LogP contribution in [0.2, 0.25) is 0 Å². The smallest absolute Gasteiger partial charge is 0.0313 e. The average Bonchev–Trinajstić information content (AvgIpc) is 2.05. The molecule has 0 aliphatic carbocycles.